The van der Waals surface area contributed by atoms with Gasteiger partial charge in [-0.05, 0) is 30.5 Å². The van der Waals surface area contributed by atoms with Crippen molar-refractivity contribution in [1.29, 1.82) is 0 Å². The number of carbonyl (C=O) groups is 1. The largest absolute Gasteiger partial charge is 0.375 e. The van der Waals surface area contributed by atoms with Gasteiger partial charge in [0, 0.05) is 28.3 Å². The average molecular weight is 369 g/mol. The minimum Gasteiger partial charge on any atom is -0.375 e. The smallest absolute Gasteiger partial charge is 0.266 e. The SMILES string of the molecule is COCC(=O)NN=C(c1ccc(Cl)cc1)c1ccc(CSC)s1. The van der Waals surface area contributed by atoms with Crippen molar-refractivity contribution in [3.63, 3.8) is 0 Å². The molecule has 0 bridgehead atoms. The molecular formula is C16H17ClN2O2S2. The van der Waals surface area contributed by atoms with Crippen molar-refractivity contribution in [2.24, 2.45) is 5.10 Å². The van der Waals surface area contributed by atoms with E-state index in [1.807, 2.05) is 18.2 Å². The predicted octanol–water partition coefficient (Wildman–Crippen LogP) is 3.78. The molecule has 122 valence electrons. The van der Waals surface area contributed by atoms with Crippen molar-refractivity contribution in [3.05, 3.63) is 56.7 Å². The van der Waals surface area contributed by atoms with E-state index in [2.05, 4.69) is 22.8 Å². The van der Waals surface area contributed by atoms with Gasteiger partial charge in [0.15, 0.2) is 0 Å². The molecule has 0 saturated heterocycles. The van der Waals surface area contributed by atoms with Gasteiger partial charge in [0.2, 0.25) is 0 Å². The number of rotatable bonds is 7. The Morgan fingerprint density at radius 2 is 2.04 bits per heavy atom. The van der Waals surface area contributed by atoms with E-state index >= 15 is 0 Å². The first-order valence-corrected chi connectivity index (χ1v) is 9.42. The van der Waals surface area contributed by atoms with Crippen molar-refractivity contribution >= 4 is 46.3 Å². The van der Waals surface area contributed by atoms with Crippen molar-refractivity contribution < 1.29 is 9.53 Å². The highest BCUT2D eigenvalue weighted by Crippen LogP contribution is 2.24. The zero-order valence-electron chi connectivity index (χ0n) is 12.8. The minimum atomic E-state index is -0.292. The number of methoxy groups -OCH3 is 1. The van der Waals surface area contributed by atoms with Crippen LogP contribution in [0.4, 0.5) is 0 Å². The van der Waals surface area contributed by atoms with Gasteiger partial charge in [0.1, 0.15) is 12.3 Å². The first-order valence-electron chi connectivity index (χ1n) is 6.83. The van der Waals surface area contributed by atoms with Crippen LogP contribution < -0.4 is 5.43 Å². The molecule has 0 radical (unpaired) electrons. The summed E-state index contributed by atoms with van der Waals surface area (Å²) in [5, 5.41) is 4.94. The van der Waals surface area contributed by atoms with Gasteiger partial charge in [0.25, 0.3) is 5.91 Å². The third-order valence-electron chi connectivity index (χ3n) is 2.87. The predicted molar refractivity (Wildman–Crippen MR) is 98.6 cm³/mol. The Hall–Kier alpha value is -1.34. The van der Waals surface area contributed by atoms with Crippen LogP contribution >= 0.6 is 34.7 Å². The van der Waals surface area contributed by atoms with E-state index in [0.717, 1.165) is 16.2 Å². The molecule has 0 aliphatic carbocycles. The summed E-state index contributed by atoms with van der Waals surface area (Å²) in [5.41, 5.74) is 4.13. The Labute approximate surface area is 148 Å². The lowest BCUT2D eigenvalue weighted by Crippen LogP contribution is -2.24. The number of nitrogens with one attached hydrogen (secondary N) is 1. The second-order valence-corrected chi connectivity index (χ2v) is 7.11. The summed E-state index contributed by atoms with van der Waals surface area (Å²) >= 11 is 9.38. The van der Waals surface area contributed by atoms with E-state index in [0.29, 0.717) is 10.7 Å². The Balaban J connectivity index is 2.31. The van der Waals surface area contributed by atoms with Crippen LogP contribution in [0.25, 0.3) is 0 Å². The van der Waals surface area contributed by atoms with Crippen LogP contribution in [0.15, 0.2) is 41.5 Å². The summed E-state index contributed by atoms with van der Waals surface area (Å²) in [7, 11) is 1.47. The summed E-state index contributed by atoms with van der Waals surface area (Å²) in [6.45, 7) is -0.0282. The van der Waals surface area contributed by atoms with Crippen LogP contribution in [-0.4, -0.2) is 31.6 Å². The van der Waals surface area contributed by atoms with Crippen molar-refractivity contribution in [2.75, 3.05) is 20.0 Å². The number of hydrogen-bond donors (Lipinski definition) is 1. The van der Waals surface area contributed by atoms with Crippen LogP contribution in [0.2, 0.25) is 5.02 Å². The van der Waals surface area contributed by atoms with Gasteiger partial charge >= 0.3 is 0 Å². The monoisotopic (exact) mass is 368 g/mol. The Kier molecular flexibility index (Phi) is 7.11. The van der Waals surface area contributed by atoms with Crippen LogP contribution in [0.3, 0.4) is 0 Å². The van der Waals surface area contributed by atoms with Crippen LogP contribution in [0.5, 0.6) is 0 Å². The summed E-state index contributed by atoms with van der Waals surface area (Å²) in [4.78, 5) is 13.9. The summed E-state index contributed by atoms with van der Waals surface area (Å²) in [5.74, 6) is 0.661. The second kappa shape index (κ2) is 9.08. The van der Waals surface area contributed by atoms with Crippen LogP contribution in [0, 0.1) is 0 Å². The fourth-order valence-corrected chi connectivity index (χ4v) is 3.79. The number of nitrogens with zero attached hydrogens (tertiary/aromatic N) is 1. The van der Waals surface area contributed by atoms with Gasteiger partial charge in [-0.2, -0.15) is 16.9 Å². The lowest BCUT2D eigenvalue weighted by Gasteiger charge is -2.06. The Morgan fingerprint density at radius 1 is 1.30 bits per heavy atom. The number of hydrazone groups is 1. The number of carbonyl (C=O) groups excluding carboxylic acids is 1. The molecule has 0 spiro atoms. The third kappa shape index (κ3) is 5.35. The van der Waals surface area contributed by atoms with Gasteiger partial charge in [-0.15, -0.1) is 11.3 Å². The fourth-order valence-electron chi connectivity index (χ4n) is 1.88. The number of amides is 1. The van der Waals surface area contributed by atoms with E-state index in [1.165, 1.54) is 12.0 Å². The molecule has 0 fully saturated rings. The molecule has 23 heavy (non-hydrogen) atoms. The third-order valence-corrected chi connectivity index (χ3v) is 4.99. The summed E-state index contributed by atoms with van der Waals surface area (Å²) < 4.78 is 4.80. The fraction of sp³-hybridized carbons (Fsp3) is 0.250. The quantitative estimate of drug-likeness (QED) is 0.597. The van der Waals surface area contributed by atoms with Gasteiger partial charge in [-0.25, -0.2) is 5.43 Å². The molecule has 4 nitrogen and oxygen atoms in total. The van der Waals surface area contributed by atoms with Crippen molar-refractivity contribution in [1.82, 2.24) is 5.43 Å². The number of halogens is 1. The Morgan fingerprint density at radius 3 is 2.70 bits per heavy atom. The number of hydrogen-bond acceptors (Lipinski definition) is 5. The standard InChI is InChI=1S/C16H17ClN2O2S2/c1-21-9-15(20)18-19-16(11-3-5-12(17)6-4-11)14-8-7-13(23-14)10-22-2/h3-8H,9-10H2,1-2H3,(H,18,20). The number of thiophene rings is 1. The zero-order valence-corrected chi connectivity index (χ0v) is 15.2. The van der Waals surface area contributed by atoms with E-state index < -0.39 is 0 Å². The molecule has 0 aliphatic rings. The lowest BCUT2D eigenvalue weighted by atomic mass is 10.1. The Bertz CT molecular complexity index is 684. The molecule has 2 aromatic rings. The number of ether oxygens (including phenoxy) is 1. The first kappa shape index (κ1) is 18.0. The van der Waals surface area contributed by atoms with Crippen LogP contribution in [-0.2, 0) is 15.3 Å². The van der Waals surface area contributed by atoms with E-state index in [-0.39, 0.29) is 12.5 Å². The highest BCUT2D eigenvalue weighted by atomic mass is 35.5. The molecule has 1 N–H and O–H groups in total. The van der Waals surface area contributed by atoms with E-state index in [9.17, 15) is 4.79 Å². The number of benzene rings is 1. The zero-order chi connectivity index (χ0) is 16.7. The average Bonchev–Trinajstić information content (AvgIpc) is 2.98. The normalized spacial score (nSPS) is 11.5. The maximum Gasteiger partial charge on any atom is 0.266 e. The molecule has 0 atom stereocenters. The molecule has 1 aromatic carbocycles. The molecular weight excluding hydrogens is 352 g/mol. The highest BCUT2D eigenvalue weighted by molar-refractivity contribution is 7.97. The van der Waals surface area contributed by atoms with Crippen molar-refractivity contribution in [2.45, 2.75) is 5.75 Å². The van der Waals surface area contributed by atoms with Gasteiger partial charge in [-0.1, -0.05) is 23.7 Å². The molecule has 1 aromatic heterocycles. The highest BCUT2D eigenvalue weighted by Gasteiger charge is 2.11. The topological polar surface area (TPSA) is 50.7 Å². The molecule has 0 aliphatic heterocycles. The van der Waals surface area contributed by atoms with Crippen LogP contribution in [0.1, 0.15) is 15.3 Å². The van der Waals surface area contributed by atoms with Gasteiger partial charge in [-0.3, -0.25) is 4.79 Å². The maximum atomic E-state index is 11.6. The van der Waals surface area contributed by atoms with E-state index in [1.54, 1.807) is 35.2 Å². The minimum absolute atomic E-state index is 0.0282. The summed E-state index contributed by atoms with van der Waals surface area (Å²) in [6.07, 6.45) is 2.07. The van der Waals surface area contributed by atoms with Crippen molar-refractivity contribution in [3.8, 4) is 0 Å². The van der Waals surface area contributed by atoms with E-state index in [4.69, 9.17) is 16.3 Å². The first-order chi connectivity index (χ1) is 11.1. The summed E-state index contributed by atoms with van der Waals surface area (Å²) in [6, 6.07) is 11.5. The second-order valence-electron chi connectivity index (χ2n) is 4.63. The van der Waals surface area contributed by atoms with Gasteiger partial charge < -0.3 is 4.74 Å². The molecule has 7 heteroatoms. The maximum absolute atomic E-state index is 11.6. The molecule has 1 heterocycles. The molecule has 0 saturated carbocycles. The number of thioether (sulfide) groups is 1. The molecule has 2 rings (SSSR count). The lowest BCUT2D eigenvalue weighted by molar-refractivity contribution is -0.124. The molecule has 0 unspecified atom stereocenters. The van der Waals surface area contributed by atoms with Gasteiger partial charge in [0.05, 0.1) is 4.88 Å². The molecule has 1 amide bonds.